The molecule has 0 spiro atoms. The van der Waals surface area contributed by atoms with Crippen molar-refractivity contribution in [2.75, 3.05) is 16.8 Å². The standard InChI is InChI=1S/C18H16ClN5/c1-12-14(19)6-4-7-15(12)21-17-11-20-23-18(22-17)24-10-9-13-5-2-3-8-16(13)24/h2-8,11H,9-10H2,1H3,(H,21,22,23). The maximum absolute atomic E-state index is 6.17. The van der Waals surface area contributed by atoms with E-state index >= 15 is 0 Å². The number of anilines is 4. The fraction of sp³-hybridized carbons (Fsp3) is 0.167. The van der Waals surface area contributed by atoms with Crippen molar-refractivity contribution in [1.82, 2.24) is 15.2 Å². The molecule has 0 aliphatic carbocycles. The van der Waals surface area contributed by atoms with Crippen LogP contribution in [0.25, 0.3) is 0 Å². The minimum atomic E-state index is 0.602. The normalized spacial score (nSPS) is 13.0. The lowest BCUT2D eigenvalue weighted by Crippen LogP contribution is -2.17. The van der Waals surface area contributed by atoms with Crippen LogP contribution in [0.1, 0.15) is 11.1 Å². The monoisotopic (exact) mass is 337 g/mol. The van der Waals surface area contributed by atoms with E-state index in [9.17, 15) is 0 Å². The Bertz CT molecular complexity index is 896. The van der Waals surface area contributed by atoms with E-state index in [2.05, 4.69) is 43.6 Å². The first-order valence-corrected chi connectivity index (χ1v) is 8.17. The number of fused-ring (bicyclic) bond motifs is 1. The molecular weight excluding hydrogens is 322 g/mol. The molecule has 0 unspecified atom stereocenters. The fourth-order valence-electron chi connectivity index (χ4n) is 2.90. The van der Waals surface area contributed by atoms with Gasteiger partial charge in [0.25, 0.3) is 5.95 Å². The second kappa shape index (κ2) is 6.09. The summed E-state index contributed by atoms with van der Waals surface area (Å²) in [7, 11) is 0. The Balaban J connectivity index is 1.64. The zero-order chi connectivity index (χ0) is 16.5. The van der Waals surface area contributed by atoms with E-state index in [-0.39, 0.29) is 0 Å². The SMILES string of the molecule is Cc1c(Cl)cccc1Nc1cnnc(N2CCc3ccccc32)n1. The quantitative estimate of drug-likeness (QED) is 0.773. The van der Waals surface area contributed by atoms with Gasteiger partial charge in [-0.2, -0.15) is 10.1 Å². The van der Waals surface area contributed by atoms with Crippen LogP contribution < -0.4 is 10.2 Å². The molecule has 2 aromatic carbocycles. The van der Waals surface area contributed by atoms with Gasteiger partial charge in [0.1, 0.15) is 0 Å². The molecule has 1 aliphatic rings. The highest BCUT2D eigenvalue weighted by atomic mass is 35.5. The van der Waals surface area contributed by atoms with Crippen molar-refractivity contribution in [3.05, 3.63) is 64.8 Å². The molecule has 4 rings (SSSR count). The van der Waals surface area contributed by atoms with Crippen molar-refractivity contribution in [3.63, 3.8) is 0 Å². The number of rotatable bonds is 3. The molecule has 24 heavy (non-hydrogen) atoms. The van der Waals surface area contributed by atoms with Crippen LogP contribution in [0, 0.1) is 6.92 Å². The van der Waals surface area contributed by atoms with Crippen LogP contribution in [0.2, 0.25) is 5.02 Å². The number of halogens is 1. The summed E-state index contributed by atoms with van der Waals surface area (Å²) in [5.74, 6) is 1.25. The molecule has 0 saturated carbocycles. The van der Waals surface area contributed by atoms with E-state index in [1.165, 1.54) is 5.56 Å². The Labute approximate surface area is 145 Å². The molecule has 0 saturated heterocycles. The summed E-state index contributed by atoms with van der Waals surface area (Å²) in [6.07, 6.45) is 2.61. The summed E-state index contributed by atoms with van der Waals surface area (Å²) in [5, 5.41) is 12.3. The first-order valence-electron chi connectivity index (χ1n) is 7.80. The van der Waals surface area contributed by atoms with Crippen LogP contribution >= 0.6 is 11.6 Å². The van der Waals surface area contributed by atoms with Crippen LogP contribution in [0.15, 0.2) is 48.7 Å². The van der Waals surface area contributed by atoms with Gasteiger partial charge in [0.15, 0.2) is 5.82 Å². The number of benzene rings is 2. The second-order valence-electron chi connectivity index (χ2n) is 5.71. The molecule has 0 amide bonds. The third kappa shape index (κ3) is 2.67. The molecule has 2 heterocycles. The van der Waals surface area contributed by atoms with Gasteiger partial charge >= 0.3 is 0 Å². The zero-order valence-corrected chi connectivity index (χ0v) is 14.0. The molecule has 0 fully saturated rings. The van der Waals surface area contributed by atoms with Crippen molar-refractivity contribution in [3.8, 4) is 0 Å². The topological polar surface area (TPSA) is 53.9 Å². The Morgan fingerprint density at radius 2 is 2.00 bits per heavy atom. The average Bonchev–Trinajstić information content (AvgIpc) is 3.03. The van der Waals surface area contributed by atoms with Gasteiger partial charge in [-0.3, -0.25) is 0 Å². The van der Waals surface area contributed by atoms with Gasteiger partial charge in [-0.25, -0.2) is 0 Å². The third-order valence-electron chi connectivity index (χ3n) is 4.21. The van der Waals surface area contributed by atoms with Crippen LogP contribution in [0.4, 0.5) is 23.1 Å². The molecule has 6 heteroatoms. The highest BCUT2D eigenvalue weighted by Gasteiger charge is 2.22. The molecule has 3 aromatic rings. The number of hydrogen-bond acceptors (Lipinski definition) is 5. The van der Waals surface area contributed by atoms with Gasteiger partial charge in [0.05, 0.1) is 6.20 Å². The lowest BCUT2D eigenvalue weighted by molar-refractivity contribution is 0.887. The van der Waals surface area contributed by atoms with Crippen molar-refractivity contribution in [2.24, 2.45) is 0 Å². The van der Waals surface area contributed by atoms with Gasteiger partial charge in [-0.1, -0.05) is 35.9 Å². The van der Waals surface area contributed by atoms with Gasteiger partial charge in [0, 0.05) is 22.9 Å². The number of aromatic nitrogens is 3. The van der Waals surface area contributed by atoms with Crippen LogP contribution in [-0.4, -0.2) is 21.7 Å². The van der Waals surface area contributed by atoms with Crippen molar-refractivity contribution >= 4 is 34.7 Å². The molecule has 5 nitrogen and oxygen atoms in total. The second-order valence-corrected chi connectivity index (χ2v) is 6.12. The average molecular weight is 338 g/mol. The van der Waals surface area contributed by atoms with Gasteiger partial charge in [0.2, 0.25) is 0 Å². The van der Waals surface area contributed by atoms with Gasteiger partial charge < -0.3 is 10.2 Å². The predicted octanol–water partition coefficient (Wildman–Crippen LogP) is 4.27. The predicted molar refractivity (Wildman–Crippen MR) is 96.5 cm³/mol. The van der Waals surface area contributed by atoms with Crippen LogP contribution in [0.3, 0.4) is 0 Å². The molecular formula is C18H16ClN5. The smallest absolute Gasteiger partial charge is 0.251 e. The summed E-state index contributed by atoms with van der Waals surface area (Å²) in [5.41, 5.74) is 4.35. The van der Waals surface area contributed by atoms with E-state index in [1.54, 1.807) is 6.20 Å². The molecule has 0 radical (unpaired) electrons. The molecule has 0 bridgehead atoms. The van der Waals surface area contributed by atoms with E-state index in [4.69, 9.17) is 11.6 Å². The van der Waals surface area contributed by atoms with Crippen molar-refractivity contribution < 1.29 is 0 Å². The lowest BCUT2D eigenvalue weighted by atomic mass is 10.2. The minimum absolute atomic E-state index is 0.602. The lowest BCUT2D eigenvalue weighted by Gasteiger charge is -2.17. The summed E-state index contributed by atoms with van der Waals surface area (Å²) in [4.78, 5) is 6.71. The third-order valence-corrected chi connectivity index (χ3v) is 4.62. The fourth-order valence-corrected chi connectivity index (χ4v) is 3.07. The van der Waals surface area contributed by atoms with E-state index in [1.807, 2.05) is 31.2 Å². The summed E-state index contributed by atoms with van der Waals surface area (Å²) >= 11 is 6.17. The zero-order valence-electron chi connectivity index (χ0n) is 13.2. The van der Waals surface area contributed by atoms with Crippen molar-refractivity contribution in [2.45, 2.75) is 13.3 Å². The Morgan fingerprint density at radius 1 is 1.12 bits per heavy atom. The molecule has 1 aliphatic heterocycles. The Morgan fingerprint density at radius 3 is 2.92 bits per heavy atom. The Kier molecular flexibility index (Phi) is 3.78. The molecule has 0 atom stereocenters. The first kappa shape index (κ1) is 14.9. The number of nitrogens with one attached hydrogen (secondary N) is 1. The maximum atomic E-state index is 6.17. The summed E-state index contributed by atoms with van der Waals surface area (Å²) in [6, 6.07) is 14.1. The van der Waals surface area contributed by atoms with E-state index < -0.39 is 0 Å². The highest BCUT2D eigenvalue weighted by Crippen LogP contribution is 2.32. The van der Waals surface area contributed by atoms with Gasteiger partial charge in [-0.05, 0) is 42.7 Å². The van der Waals surface area contributed by atoms with Gasteiger partial charge in [-0.15, -0.1) is 5.10 Å². The maximum Gasteiger partial charge on any atom is 0.251 e. The van der Waals surface area contributed by atoms with Crippen LogP contribution in [0.5, 0.6) is 0 Å². The number of para-hydroxylation sites is 1. The number of hydrogen-bond donors (Lipinski definition) is 1. The number of nitrogens with zero attached hydrogens (tertiary/aromatic N) is 4. The molecule has 1 N–H and O–H groups in total. The van der Waals surface area contributed by atoms with Crippen molar-refractivity contribution in [1.29, 1.82) is 0 Å². The van der Waals surface area contributed by atoms with E-state index in [0.717, 1.165) is 34.9 Å². The Hall–Kier alpha value is -2.66. The summed E-state index contributed by atoms with van der Waals surface area (Å²) < 4.78 is 0. The van der Waals surface area contributed by atoms with E-state index in [0.29, 0.717) is 11.8 Å². The minimum Gasteiger partial charge on any atom is -0.339 e. The molecule has 120 valence electrons. The largest absolute Gasteiger partial charge is 0.339 e. The highest BCUT2D eigenvalue weighted by molar-refractivity contribution is 6.31. The van der Waals surface area contributed by atoms with Crippen LogP contribution in [-0.2, 0) is 6.42 Å². The molecule has 1 aromatic heterocycles. The first-order chi connectivity index (χ1) is 11.7. The summed E-state index contributed by atoms with van der Waals surface area (Å²) in [6.45, 7) is 2.83.